The predicted molar refractivity (Wildman–Crippen MR) is 241 cm³/mol. The van der Waals surface area contributed by atoms with Gasteiger partial charge >= 0.3 is 30.0 Å². The summed E-state index contributed by atoms with van der Waals surface area (Å²) in [6, 6.07) is 29.6. The predicted octanol–water partition coefficient (Wildman–Crippen LogP) is 7.46. The Bertz CT molecular complexity index is 2180. The second kappa shape index (κ2) is 30.1. The highest BCUT2D eigenvalue weighted by atomic mass is 16.6. The van der Waals surface area contributed by atoms with Crippen molar-refractivity contribution in [1.82, 2.24) is 0 Å². The van der Waals surface area contributed by atoms with Gasteiger partial charge in [-0.2, -0.15) is 9.98 Å². The maximum atomic E-state index is 12.0. The fourth-order valence-electron chi connectivity index (χ4n) is 4.87. The number of aliphatic hydroxyl groups excluding tert-OH is 1. The first-order chi connectivity index (χ1) is 31.1. The van der Waals surface area contributed by atoms with Crippen LogP contribution in [0.3, 0.4) is 0 Å². The third kappa shape index (κ3) is 23.1. The molecular formula is C49H51N3O13. The smallest absolute Gasteiger partial charge is 0.411 e. The van der Waals surface area contributed by atoms with Crippen LogP contribution in [0.4, 0.5) is 21.9 Å². The molecule has 65 heavy (non-hydrogen) atoms. The largest absolute Gasteiger partial charge is 0.462 e. The first-order valence-corrected chi connectivity index (χ1v) is 19.8. The van der Waals surface area contributed by atoms with Crippen LogP contribution in [0.2, 0.25) is 0 Å². The molecule has 0 aliphatic rings. The van der Waals surface area contributed by atoms with Crippen LogP contribution in [0, 0.1) is 0 Å². The van der Waals surface area contributed by atoms with Crippen molar-refractivity contribution >= 4 is 59.2 Å². The van der Waals surface area contributed by atoms with E-state index in [1.54, 1.807) is 50.2 Å². The molecule has 16 heteroatoms. The minimum Gasteiger partial charge on any atom is -0.462 e. The zero-order valence-electron chi connectivity index (χ0n) is 36.5. The Hall–Kier alpha value is -8.03. The van der Waals surface area contributed by atoms with Crippen LogP contribution in [0.5, 0.6) is 0 Å². The van der Waals surface area contributed by atoms with Crippen LogP contribution in [0.15, 0.2) is 144 Å². The molecule has 0 atom stereocenters. The van der Waals surface area contributed by atoms with Gasteiger partial charge in [0, 0.05) is 22.4 Å². The quantitative estimate of drug-likeness (QED) is 0.0220. The molecule has 1 amide bonds. The highest BCUT2D eigenvalue weighted by Gasteiger charge is 2.09. The first-order valence-electron chi connectivity index (χ1n) is 19.8. The van der Waals surface area contributed by atoms with Crippen LogP contribution in [0.25, 0.3) is 0 Å². The zero-order valence-corrected chi connectivity index (χ0v) is 36.5. The molecule has 0 bridgehead atoms. The highest BCUT2D eigenvalue weighted by molar-refractivity contribution is 5.88. The molecule has 0 saturated carbocycles. The number of hydrogen-bond acceptors (Lipinski definition) is 15. The number of benzene rings is 4. The standard InChI is InChI=1S/C28H31NO8.C15H10N2O2.C6H10O3/c1-19(2)26(31)35-14-13-34-25(30)18-23-7-5-21(6-8-23)17-22-9-11-24(12-10-22)29-28(33)37-16-15-36-27(32)20(3)4;18-10-16-14-5-1-12(2-6-14)9-13-3-7-15(8-4-13)17-11-19;1-5(2)6(8)9-4-3-7/h5-12H,1,3,13-18H2,2,4H3,(H,29,33);1-8H,9H2;7H,1,3-4H2,2H3. The number of nitrogens with one attached hydrogen (secondary N) is 1. The number of aliphatic hydroxyl groups is 1. The summed E-state index contributed by atoms with van der Waals surface area (Å²) in [5, 5.41) is 10.8. The first kappa shape index (κ1) is 53.1. The Morgan fingerprint density at radius 2 is 0.846 bits per heavy atom. The minimum atomic E-state index is -0.652. The van der Waals surface area contributed by atoms with Gasteiger partial charge in [-0.15, -0.1) is 0 Å². The number of amides is 1. The van der Waals surface area contributed by atoms with Gasteiger partial charge in [0.15, 0.2) is 0 Å². The molecule has 0 saturated heterocycles. The van der Waals surface area contributed by atoms with Crippen LogP contribution in [-0.2, 0) is 71.7 Å². The Morgan fingerprint density at radius 1 is 0.508 bits per heavy atom. The van der Waals surface area contributed by atoms with Crippen molar-refractivity contribution in [3.05, 3.63) is 161 Å². The van der Waals surface area contributed by atoms with Crippen LogP contribution < -0.4 is 5.32 Å². The molecule has 0 aliphatic carbocycles. The second-order valence-electron chi connectivity index (χ2n) is 13.7. The van der Waals surface area contributed by atoms with E-state index in [4.69, 9.17) is 24.1 Å². The van der Waals surface area contributed by atoms with Crippen molar-refractivity contribution in [3.63, 3.8) is 0 Å². The lowest BCUT2D eigenvalue weighted by Crippen LogP contribution is -2.18. The van der Waals surface area contributed by atoms with E-state index in [-0.39, 0.29) is 57.2 Å². The number of esters is 4. The van der Waals surface area contributed by atoms with Gasteiger partial charge in [-0.1, -0.05) is 80.4 Å². The zero-order chi connectivity index (χ0) is 48.0. The fraction of sp³-hybridized carbons (Fsp3) is 0.245. The minimum absolute atomic E-state index is 0.0105. The summed E-state index contributed by atoms with van der Waals surface area (Å²) >= 11 is 0. The molecule has 0 heterocycles. The van der Waals surface area contributed by atoms with Gasteiger partial charge < -0.3 is 28.8 Å². The lowest BCUT2D eigenvalue weighted by molar-refractivity contribution is -0.149. The van der Waals surface area contributed by atoms with Gasteiger partial charge in [0.25, 0.3) is 0 Å². The Labute approximate surface area is 377 Å². The number of isocyanates is 2. The van der Waals surface area contributed by atoms with Crippen molar-refractivity contribution in [1.29, 1.82) is 0 Å². The van der Waals surface area contributed by atoms with Crippen molar-refractivity contribution in [3.8, 4) is 0 Å². The molecule has 0 aromatic heterocycles. The lowest BCUT2D eigenvalue weighted by atomic mass is 10.0. The molecule has 0 spiro atoms. The molecule has 16 nitrogen and oxygen atoms in total. The van der Waals surface area contributed by atoms with Crippen molar-refractivity contribution in [2.24, 2.45) is 9.98 Å². The molecular weight excluding hydrogens is 839 g/mol. The monoisotopic (exact) mass is 889 g/mol. The third-order valence-corrected chi connectivity index (χ3v) is 8.11. The third-order valence-electron chi connectivity index (χ3n) is 8.11. The van der Waals surface area contributed by atoms with Gasteiger partial charge in [0.2, 0.25) is 12.2 Å². The van der Waals surface area contributed by atoms with E-state index in [1.807, 2.05) is 60.7 Å². The van der Waals surface area contributed by atoms with Gasteiger partial charge in [-0.3, -0.25) is 10.1 Å². The Morgan fingerprint density at radius 3 is 1.23 bits per heavy atom. The van der Waals surface area contributed by atoms with Gasteiger partial charge in [-0.05, 0) is 97.8 Å². The SMILES string of the molecule is C=C(C)C(=O)OCCO.C=C(C)C(=O)OCCOC(=O)Cc1ccc(Cc2ccc(NC(=O)OCCOC(=O)C(=C)C)cc2)cc1.O=C=Nc1ccc(Cc2ccc(N=C=O)cc2)cc1. The average molecular weight is 890 g/mol. The molecule has 2 N–H and O–H groups in total. The lowest BCUT2D eigenvalue weighted by Gasteiger charge is -2.09. The van der Waals surface area contributed by atoms with Gasteiger partial charge in [0.1, 0.15) is 33.0 Å². The van der Waals surface area contributed by atoms with Crippen LogP contribution in [-0.4, -0.2) is 86.9 Å². The summed E-state index contributed by atoms with van der Waals surface area (Å²) < 4.78 is 24.2. The van der Waals surface area contributed by atoms with E-state index in [9.17, 15) is 33.6 Å². The Balaban J connectivity index is 0.000000426. The van der Waals surface area contributed by atoms with Crippen molar-refractivity contribution < 1.29 is 62.4 Å². The summed E-state index contributed by atoms with van der Waals surface area (Å²) in [6.45, 7) is 14.7. The summed E-state index contributed by atoms with van der Waals surface area (Å²) in [5.41, 5.74) is 7.76. The summed E-state index contributed by atoms with van der Waals surface area (Å²) in [5.74, 6) is -1.92. The number of anilines is 1. The van der Waals surface area contributed by atoms with Gasteiger partial charge in [-0.25, -0.2) is 28.8 Å². The van der Waals surface area contributed by atoms with E-state index in [2.05, 4.69) is 39.8 Å². The Kier molecular flexibility index (Phi) is 24.6. The molecule has 340 valence electrons. The van der Waals surface area contributed by atoms with E-state index in [1.165, 1.54) is 19.1 Å². The fourth-order valence-corrected chi connectivity index (χ4v) is 4.87. The molecule has 0 aliphatic heterocycles. The number of rotatable bonds is 20. The van der Waals surface area contributed by atoms with E-state index >= 15 is 0 Å². The molecule has 4 aromatic rings. The number of hydrogen-bond donors (Lipinski definition) is 2. The maximum absolute atomic E-state index is 12.0. The normalized spacial score (nSPS) is 9.66. The number of nitrogens with zero attached hydrogens (tertiary/aromatic N) is 2. The summed E-state index contributed by atoms with van der Waals surface area (Å²) in [4.78, 5) is 84.1. The summed E-state index contributed by atoms with van der Waals surface area (Å²) in [6.07, 6.45) is 3.89. The van der Waals surface area contributed by atoms with Crippen molar-refractivity contribution in [2.75, 3.05) is 45.0 Å². The second-order valence-corrected chi connectivity index (χ2v) is 13.7. The highest BCUT2D eigenvalue weighted by Crippen LogP contribution is 2.18. The average Bonchev–Trinajstić information content (AvgIpc) is 3.28. The number of carbonyl (C=O) groups is 5. The topological polar surface area (TPSA) is 223 Å². The summed E-state index contributed by atoms with van der Waals surface area (Å²) in [7, 11) is 0. The molecule has 0 fully saturated rings. The van der Waals surface area contributed by atoms with E-state index in [0.29, 0.717) is 29.1 Å². The molecule has 4 aromatic carbocycles. The van der Waals surface area contributed by atoms with E-state index < -0.39 is 30.0 Å². The van der Waals surface area contributed by atoms with E-state index in [0.717, 1.165) is 34.2 Å². The number of carbonyl (C=O) groups excluding carboxylic acids is 7. The molecule has 4 rings (SSSR count). The van der Waals surface area contributed by atoms with Crippen LogP contribution >= 0.6 is 0 Å². The van der Waals surface area contributed by atoms with Crippen molar-refractivity contribution in [2.45, 2.75) is 40.0 Å². The number of ether oxygens (including phenoxy) is 5. The van der Waals surface area contributed by atoms with Crippen LogP contribution in [0.1, 0.15) is 48.6 Å². The number of aliphatic imine (C=N–C) groups is 2. The van der Waals surface area contributed by atoms with Gasteiger partial charge in [0.05, 0.1) is 24.4 Å². The maximum Gasteiger partial charge on any atom is 0.411 e. The molecule has 0 unspecified atom stereocenters. The molecule has 0 radical (unpaired) electrons.